The van der Waals surface area contributed by atoms with Gasteiger partial charge in [0.25, 0.3) is 0 Å². The second kappa shape index (κ2) is 10.7. The van der Waals surface area contributed by atoms with Crippen molar-refractivity contribution >= 4 is 46.3 Å². The van der Waals surface area contributed by atoms with Crippen LogP contribution < -0.4 is 10.6 Å². The van der Waals surface area contributed by atoms with Gasteiger partial charge in [0, 0.05) is 16.5 Å². The Morgan fingerprint density at radius 2 is 1.91 bits per heavy atom. The van der Waals surface area contributed by atoms with Crippen molar-refractivity contribution in [2.45, 2.75) is 26.4 Å². The summed E-state index contributed by atoms with van der Waals surface area (Å²) in [6.45, 7) is 3.97. The number of nitrogens with one attached hydrogen (secondary N) is 2. The van der Waals surface area contributed by atoms with Crippen molar-refractivity contribution in [3.05, 3.63) is 71.0 Å². The summed E-state index contributed by atoms with van der Waals surface area (Å²) < 4.78 is 4.92. The van der Waals surface area contributed by atoms with Crippen LogP contribution in [0.4, 0.5) is 5.82 Å². The summed E-state index contributed by atoms with van der Waals surface area (Å²) >= 11 is 5.96. The molecule has 0 aliphatic heterocycles. The highest BCUT2D eigenvalue weighted by molar-refractivity contribution is 6.30. The smallest absolute Gasteiger partial charge is 0.328 e. The summed E-state index contributed by atoms with van der Waals surface area (Å²) in [7, 11) is 1.36. The first-order valence-electron chi connectivity index (χ1n) is 10.2. The molecule has 0 saturated heterocycles. The molecule has 3 rings (SSSR count). The molecular weight excluding hydrogens is 428 g/mol. The first-order valence-corrected chi connectivity index (χ1v) is 10.6. The van der Waals surface area contributed by atoms with Gasteiger partial charge < -0.3 is 15.4 Å². The van der Waals surface area contributed by atoms with Gasteiger partial charge in [-0.2, -0.15) is 0 Å². The molecule has 3 aromatic rings. The molecule has 1 amide bonds. The summed E-state index contributed by atoms with van der Waals surface area (Å²) in [4.78, 5) is 33.5. The number of amides is 1. The molecule has 2 aromatic carbocycles. The van der Waals surface area contributed by atoms with Crippen LogP contribution in [0.5, 0.6) is 0 Å². The van der Waals surface area contributed by atoms with E-state index in [1.807, 2.05) is 50.2 Å². The summed E-state index contributed by atoms with van der Waals surface area (Å²) in [6, 6.07) is 14.1. The van der Waals surface area contributed by atoms with Gasteiger partial charge in [-0.05, 0) is 41.8 Å². The van der Waals surface area contributed by atoms with Gasteiger partial charge in [-0.1, -0.05) is 49.7 Å². The molecule has 7 nitrogen and oxygen atoms in total. The number of aromatic nitrogens is 2. The number of nitrogens with zero attached hydrogens (tertiary/aromatic N) is 2. The van der Waals surface area contributed by atoms with E-state index in [9.17, 15) is 9.59 Å². The Morgan fingerprint density at radius 1 is 1.12 bits per heavy atom. The quantitative estimate of drug-likeness (QED) is 0.392. The number of carbonyl (C=O) groups excluding carboxylic acids is 2. The lowest BCUT2D eigenvalue weighted by atomic mass is 10.0. The highest BCUT2D eigenvalue weighted by atomic mass is 35.5. The standard InChI is InChI=1S/C24H25ClN4O3/c1-15(2)22(24(31)32-3)29-23-18-9-4-5-10-19(18)27-20(28-23)14-26-21(30)12-11-16-7-6-8-17(25)13-16/h4-13,15,22H,14H2,1-3H3,(H,26,30)(H,27,28,29)/t22-/m0/s1. The van der Waals surface area contributed by atoms with Crippen molar-refractivity contribution < 1.29 is 14.3 Å². The lowest BCUT2D eigenvalue weighted by Crippen LogP contribution is -2.36. The maximum Gasteiger partial charge on any atom is 0.328 e. The number of carbonyl (C=O) groups is 2. The summed E-state index contributed by atoms with van der Waals surface area (Å²) in [5.74, 6) is 0.256. The summed E-state index contributed by atoms with van der Waals surface area (Å²) in [5.41, 5.74) is 1.53. The molecular formula is C24H25ClN4O3. The molecule has 0 bridgehead atoms. The molecule has 166 valence electrons. The van der Waals surface area contributed by atoms with E-state index in [2.05, 4.69) is 20.6 Å². The van der Waals surface area contributed by atoms with Crippen molar-refractivity contribution in [1.29, 1.82) is 0 Å². The first-order chi connectivity index (χ1) is 15.4. The second-order valence-corrected chi connectivity index (χ2v) is 7.94. The number of halogens is 1. The molecule has 0 fully saturated rings. The topological polar surface area (TPSA) is 93.2 Å². The van der Waals surface area contributed by atoms with Gasteiger partial charge in [0.2, 0.25) is 5.91 Å². The summed E-state index contributed by atoms with van der Waals surface area (Å²) in [5, 5.41) is 7.35. The number of methoxy groups -OCH3 is 1. The average molecular weight is 453 g/mol. The number of benzene rings is 2. The molecule has 0 radical (unpaired) electrons. The number of rotatable bonds is 8. The molecule has 0 aliphatic rings. The van der Waals surface area contributed by atoms with E-state index >= 15 is 0 Å². The SMILES string of the molecule is COC(=O)[C@@H](Nc1nc(CNC(=O)C=Cc2cccc(Cl)c2)nc2ccccc12)C(C)C. The second-order valence-electron chi connectivity index (χ2n) is 7.50. The van der Waals surface area contributed by atoms with Crippen molar-refractivity contribution in [3.8, 4) is 0 Å². The fourth-order valence-electron chi connectivity index (χ4n) is 3.09. The Balaban J connectivity index is 1.78. The van der Waals surface area contributed by atoms with Gasteiger partial charge >= 0.3 is 5.97 Å². The number of esters is 1. The lowest BCUT2D eigenvalue weighted by Gasteiger charge is -2.21. The van der Waals surface area contributed by atoms with E-state index in [4.69, 9.17) is 16.3 Å². The zero-order chi connectivity index (χ0) is 23.1. The third-order valence-electron chi connectivity index (χ3n) is 4.76. The Morgan fingerprint density at radius 3 is 2.62 bits per heavy atom. The predicted molar refractivity (Wildman–Crippen MR) is 126 cm³/mol. The van der Waals surface area contributed by atoms with E-state index in [1.54, 1.807) is 18.2 Å². The zero-order valence-electron chi connectivity index (χ0n) is 18.1. The Bertz CT molecular complexity index is 1150. The van der Waals surface area contributed by atoms with Gasteiger partial charge in [0.15, 0.2) is 5.82 Å². The molecule has 0 saturated carbocycles. The third kappa shape index (κ3) is 6.04. The minimum Gasteiger partial charge on any atom is -0.467 e. The van der Waals surface area contributed by atoms with Crippen LogP contribution in [0, 0.1) is 5.92 Å². The van der Waals surface area contributed by atoms with Crippen molar-refractivity contribution in [2.75, 3.05) is 12.4 Å². The van der Waals surface area contributed by atoms with Gasteiger partial charge in [-0.3, -0.25) is 4.79 Å². The largest absolute Gasteiger partial charge is 0.467 e. The molecule has 1 aromatic heterocycles. The van der Waals surface area contributed by atoms with Crippen LogP contribution in [0.1, 0.15) is 25.2 Å². The molecule has 1 heterocycles. The number of para-hydroxylation sites is 1. The van der Waals surface area contributed by atoms with E-state index in [1.165, 1.54) is 13.2 Å². The number of hydrogen-bond donors (Lipinski definition) is 2. The molecule has 0 aliphatic carbocycles. The summed E-state index contributed by atoms with van der Waals surface area (Å²) in [6.07, 6.45) is 3.11. The molecule has 1 atom stereocenters. The van der Waals surface area contributed by atoms with Gasteiger partial charge in [0.05, 0.1) is 19.2 Å². The third-order valence-corrected chi connectivity index (χ3v) is 5.00. The van der Waals surface area contributed by atoms with E-state index in [0.717, 1.165) is 10.9 Å². The normalized spacial score (nSPS) is 12.2. The van der Waals surface area contributed by atoms with Gasteiger partial charge in [0.1, 0.15) is 11.9 Å². The minimum absolute atomic E-state index is 0.0176. The maximum atomic E-state index is 12.3. The number of fused-ring (bicyclic) bond motifs is 1. The van der Waals surface area contributed by atoms with Crippen LogP contribution in [0.2, 0.25) is 5.02 Å². The van der Waals surface area contributed by atoms with Crippen LogP contribution in [0.25, 0.3) is 17.0 Å². The van der Waals surface area contributed by atoms with Gasteiger partial charge in [-0.25, -0.2) is 14.8 Å². The van der Waals surface area contributed by atoms with Crippen molar-refractivity contribution in [2.24, 2.45) is 5.92 Å². The monoisotopic (exact) mass is 452 g/mol. The van der Waals surface area contributed by atoms with Crippen LogP contribution in [0.3, 0.4) is 0 Å². The van der Waals surface area contributed by atoms with Crippen LogP contribution >= 0.6 is 11.6 Å². The van der Waals surface area contributed by atoms with E-state index in [-0.39, 0.29) is 24.3 Å². The lowest BCUT2D eigenvalue weighted by molar-refractivity contribution is -0.142. The number of ether oxygens (including phenoxy) is 1. The Hall–Kier alpha value is -3.45. The molecule has 0 spiro atoms. The minimum atomic E-state index is -0.568. The Kier molecular flexibility index (Phi) is 7.78. The fourth-order valence-corrected chi connectivity index (χ4v) is 3.29. The van der Waals surface area contributed by atoms with Crippen LogP contribution in [-0.2, 0) is 20.9 Å². The highest BCUT2D eigenvalue weighted by Gasteiger charge is 2.24. The van der Waals surface area contributed by atoms with Crippen molar-refractivity contribution in [3.63, 3.8) is 0 Å². The number of anilines is 1. The first kappa shape index (κ1) is 23.2. The van der Waals surface area contributed by atoms with Crippen LogP contribution in [-0.4, -0.2) is 35.0 Å². The maximum absolute atomic E-state index is 12.3. The molecule has 32 heavy (non-hydrogen) atoms. The van der Waals surface area contributed by atoms with Crippen molar-refractivity contribution in [1.82, 2.24) is 15.3 Å². The van der Waals surface area contributed by atoms with E-state index in [0.29, 0.717) is 22.2 Å². The zero-order valence-corrected chi connectivity index (χ0v) is 18.9. The molecule has 0 unspecified atom stereocenters. The molecule has 8 heteroatoms. The molecule has 2 N–H and O–H groups in total. The predicted octanol–water partition coefficient (Wildman–Crippen LogP) is 4.22. The number of hydrogen-bond acceptors (Lipinski definition) is 6. The fraction of sp³-hybridized carbons (Fsp3) is 0.250. The highest BCUT2D eigenvalue weighted by Crippen LogP contribution is 2.22. The average Bonchev–Trinajstić information content (AvgIpc) is 2.79. The van der Waals surface area contributed by atoms with Gasteiger partial charge in [-0.15, -0.1) is 0 Å². The van der Waals surface area contributed by atoms with E-state index < -0.39 is 6.04 Å². The Labute approximate surface area is 191 Å². The van der Waals surface area contributed by atoms with Crippen LogP contribution in [0.15, 0.2) is 54.6 Å².